The second-order valence-corrected chi connectivity index (χ2v) is 7.45. The van der Waals surface area contributed by atoms with Gasteiger partial charge in [0.05, 0.1) is 0 Å². The number of piperidine rings is 1. The zero-order valence-electron chi connectivity index (χ0n) is 15.1. The van der Waals surface area contributed by atoms with Crippen molar-refractivity contribution < 1.29 is 13.9 Å². The van der Waals surface area contributed by atoms with Gasteiger partial charge in [-0.05, 0) is 42.8 Å². The van der Waals surface area contributed by atoms with Crippen molar-refractivity contribution in [3.8, 4) is 17.2 Å². The van der Waals surface area contributed by atoms with Gasteiger partial charge in [-0.25, -0.2) is 0 Å². The number of nitrogens with zero attached hydrogens (tertiary/aromatic N) is 3. The van der Waals surface area contributed by atoms with Gasteiger partial charge in [0.15, 0.2) is 6.61 Å². The molecule has 0 saturated carbocycles. The zero-order chi connectivity index (χ0) is 18.6. The lowest BCUT2D eigenvalue weighted by Gasteiger charge is -2.30. The molecule has 4 rings (SSSR count). The molecule has 1 aliphatic heterocycles. The zero-order valence-corrected chi connectivity index (χ0v) is 15.9. The topological polar surface area (TPSA) is 68.5 Å². The molecule has 0 spiro atoms. The summed E-state index contributed by atoms with van der Waals surface area (Å²) in [5, 5.41) is 12.3. The predicted octanol–water partition coefficient (Wildman–Crippen LogP) is 3.89. The fraction of sp³-hybridized carbons (Fsp3) is 0.350. The van der Waals surface area contributed by atoms with Crippen LogP contribution in [0.1, 0.15) is 30.2 Å². The first kappa shape index (κ1) is 17.7. The molecule has 1 amide bonds. The molecule has 0 N–H and O–H groups in total. The summed E-state index contributed by atoms with van der Waals surface area (Å²) in [4.78, 5) is 14.3. The molecule has 1 aromatic carbocycles. The molecule has 3 aromatic rings. The van der Waals surface area contributed by atoms with E-state index in [-0.39, 0.29) is 18.4 Å². The third-order valence-corrected chi connectivity index (χ3v) is 5.53. The molecule has 7 heteroatoms. The minimum atomic E-state index is 0.0150. The Balaban J connectivity index is 1.30. The van der Waals surface area contributed by atoms with Crippen molar-refractivity contribution in [2.24, 2.45) is 0 Å². The number of aryl methyl sites for hydroxylation is 1. The van der Waals surface area contributed by atoms with E-state index in [1.807, 2.05) is 52.9 Å². The highest BCUT2D eigenvalue weighted by atomic mass is 32.1. The number of rotatable bonds is 5. The van der Waals surface area contributed by atoms with Gasteiger partial charge >= 0.3 is 0 Å². The second kappa shape index (κ2) is 7.92. The van der Waals surface area contributed by atoms with Crippen molar-refractivity contribution in [1.29, 1.82) is 0 Å². The maximum atomic E-state index is 12.4. The lowest BCUT2D eigenvalue weighted by molar-refractivity contribution is -0.134. The molecule has 6 nitrogen and oxygen atoms in total. The SMILES string of the molecule is Cc1ccccc1OCC(=O)N1CCC(c2nnc(-c3ccsc3)o2)CC1. The van der Waals surface area contributed by atoms with Gasteiger partial charge in [-0.1, -0.05) is 18.2 Å². The van der Waals surface area contributed by atoms with Crippen LogP contribution in [0.2, 0.25) is 0 Å². The summed E-state index contributed by atoms with van der Waals surface area (Å²) < 4.78 is 11.5. The quantitative estimate of drug-likeness (QED) is 0.669. The summed E-state index contributed by atoms with van der Waals surface area (Å²) >= 11 is 1.60. The van der Waals surface area contributed by atoms with E-state index in [4.69, 9.17) is 9.15 Å². The third-order valence-electron chi connectivity index (χ3n) is 4.85. The highest BCUT2D eigenvalue weighted by Crippen LogP contribution is 2.30. The fourth-order valence-electron chi connectivity index (χ4n) is 3.23. The highest BCUT2D eigenvalue weighted by Gasteiger charge is 2.27. The molecule has 140 valence electrons. The van der Waals surface area contributed by atoms with E-state index in [1.54, 1.807) is 11.3 Å². The number of hydrogen-bond acceptors (Lipinski definition) is 6. The minimum Gasteiger partial charge on any atom is -0.484 e. The van der Waals surface area contributed by atoms with Crippen molar-refractivity contribution in [3.05, 3.63) is 52.5 Å². The summed E-state index contributed by atoms with van der Waals surface area (Å²) in [6.07, 6.45) is 1.64. The first-order chi connectivity index (χ1) is 13.2. The van der Waals surface area contributed by atoms with Crippen LogP contribution >= 0.6 is 11.3 Å². The number of para-hydroxylation sites is 1. The lowest BCUT2D eigenvalue weighted by Crippen LogP contribution is -2.40. The van der Waals surface area contributed by atoms with E-state index in [2.05, 4.69) is 10.2 Å². The van der Waals surface area contributed by atoms with Crippen LogP contribution in [0.5, 0.6) is 5.75 Å². The van der Waals surface area contributed by atoms with Crippen LogP contribution in [0.3, 0.4) is 0 Å². The molecule has 0 unspecified atom stereocenters. The van der Waals surface area contributed by atoms with E-state index in [0.717, 1.165) is 29.7 Å². The van der Waals surface area contributed by atoms with Gasteiger partial charge in [0.1, 0.15) is 5.75 Å². The normalized spacial score (nSPS) is 15.1. The Morgan fingerprint density at radius 3 is 2.81 bits per heavy atom. The maximum absolute atomic E-state index is 12.4. The van der Waals surface area contributed by atoms with Gasteiger partial charge in [0.25, 0.3) is 5.91 Å². The number of amides is 1. The van der Waals surface area contributed by atoms with Crippen molar-refractivity contribution >= 4 is 17.2 Å². The number of likely N-dealkylation sites (tertiary alicyclic amines) is 1. The summed E-state index contributed by atoms with van der Waals surface area (Å²) in [6, 6.07) is 9.69. The van der Waals surface area contributed by atoms with Crippen molar-refractivity contribution in [2.75, 3.05) is 19.7 Å². The summed E-state index contributed by atoms with van der Waals surface area (Å²) in [5.41, 5.74) is 1.99. The average molecular weight is 383 g/mol. The lowest BCUT2D eigenvalue weighted by atomic mass is 9.97. The third kappa shape index (κ3) is 4.03. The molecule has 1 fully saturated rings. The number of benzene rings is 1. The average Bonchev–Trinajstić information content (AvgIpc) is 3.39. The highest BCUT2D eigenvalue weighted by molar-refractivity contribution is 7.08. The number of hydrogen-bond donors (Lipinski definition) is 0. The summed E-state index contributed by atoms with van der Waals surface area (Å²) in [7, 11) is 0. The molecule has 0 aliphatic carbocycles. The van der Waals surface area contributed by atoms with E-state index in [0.29, 0.717) is 24.9 Å². The van der Waals surface area contributed by atoms with Gasteiger partial charge < -0.3 is 14.1 Å². The molecule has 1 saturated heterocycles. The Kier molecular flexibility index (Phi) is 5.20. The van der Waals surface area contributed by atoms with Gasteiger partial charge in [0, 0.05) is 30.0 Å². The van der Waals surface area contributed by atoms with Crippen LogP contribution in [0.15, 0.2) is 45.5 Å². The standard InChI is InChI=1S/C20H21N3O3S/c1-14-4-2-3-5-17(14)25-12-18(24)23-9-6-15(7-10-23)19-21-22-20(26-19)16-8-11-27-13-16/h2-5,8,11,13,15H,6-7,9-10,12H2,1H3. The Hall–Kier alpha value is -2.67. The number of carbonyl (C=O) groups is 1. The van der Waals surface area contributed by atoms with Gasteiger partial charge in [-0.2, -0.15) is 11.3 Å². The summed E-state index contributed by atoms with van der Waals surface area (Å²) in [6.45, 7) is 3.39. The minimum absolute atomic E-state index is 0.0150. The van der Waals surface area contributed by atoms with Crippen LogP contribution < -0.4 is 4.74 Å². The molecular weight excluding hydrogens is 362 g/mol. The maximum Gasteiger partial charge on any atom is 0.260 e. The molecule has 0 bridgehead atoms. The van der Waals surface area contributed by atoms with Crippen LogP contribution in [0.25, 0.3) is 11.5 Å². The van der Waals surface area contributed by atoms with Crippen molar-refractivity contribution in [2.45, 2.75) is 25.7 Å². The van der Waals surface area contributed by atoms with Crippen molar-refractivity contribution in [3.63, 3.8) is 0 Å². The smallest absolute Gasteiger partial charge is 0.260 e. The molecule has 1 aliphatic rings. The first-order valence-electron chi connectivity index (χ1n) is 9.03. The number of aromatic nitrogens is 2. The summed E-state index contributed by atoms with van der Waals surface area (Å²) in [5.74, 6) is 2.20. The van der Waals surface area contributed by atoms with Crippen LogP contribution in [0.4, 0.5) is 0 Å². The molecule has 3 heterocycles. The largest absolute Gasteiger partial charge is 0.484 e. The number of thiophene rings is 1. The van der Waals surface area contributed by atoms with Gasteiger partial charge in [-0.3, -0.25) is 4.79 Å². The van der Waals surface area contributed by atoms with E-state index in [1.165, 1.54) is 0 Å². The van der Waals surface area contributed by atoms with Crippen molar-refractivity contribution in [1.82, 2.24) is 15.1 Å². The Bertz CT molecular complexity index is 899. The Labute approximate surface area is 161 Å². The Morgan fingerprint density at radius 2 is 2.07 bits per heavy atom. The molecule has 0 radical (unpaired) electrons. The van der Waals surface area contributed by atoms with Crippen LogP contribution in [-0.4, -0.2) is 40.7 Å². The van der Waals surface area contributed by atoms with E-state index < -0.39 is 0 Å². The predicted molar refractivity (Wildman–Crippen MR) is 103 cm³/mol. The number of carbonyl (C=O) groups excluding carboxylic acids is 1. The molecule has 27 heavy (non-hydrogen) atoms. The first-order valence-corrected chi connectivity index (χ1v) is 9.97. The fourth-order valence-corrected chi connectivity index (χ4v) is 3.86. The van der Waals surface area contributed by atoms with Crippen LogP contribution in [0, 0.1) is 6.92 Å². The van der Waals surface area contributed by atoms with Gasteiger partial charge in [-0.15, -0.1) is 10.2 Å². The van der Waals surface area contributed by atoms with Crippen LogP contribution in [-0.2, 0) is 4.79 Å². The number of ether oxygens (including phenoxy) is 1. The molecule has 2 aromatic heterocycles. The monoisotopic (exact) mass is 383 g/mol. The molecular formula is C20H21N3O3S. The Morgan fingerprint density at radius 1 is 1.26 bits per heavy atom. The van der Waals surface area contributed by atoms with Gasteiger partial charge in [0.2, 0.25) is 11.8 Å². The van der Waals surface area contributed by atoms with E-state index >= 15 is 0 Å². The van der Waals surface area contributed by atoms with E-state index in [9.17, 15) is 4.79 Å². The molecule has 0 atom stereocenters. The second-order valence-electron chi connectivity index (χ2n) is 6.67.